The first-order valence-corrected chi connectivity index (χ1v) is 7.44. The summed E-state index contributed by atoms with van der Waals surface area (Å²) in [7, 11) is 0.0147. The molecule has 1 heterocycles. The third-order valence-corrected chi connectivity index (χ3v) is 5.20. The standard InChI is InChI=1S/C15H14OS/c1-10-7-12-8-11-5-3-4-6-13(11)14(16)15(12)17(2)9-10/h3-9,15H,1-2H3. The van der Waals surface area contributed by atoms with Crippen LogP contribution in [0.5, 0.6) is 0 Å². The summed E-state index contributed by atoms with van der Waals surface area (Å²) in [6.07, 6.45) is 6.47. The van der Waals surface area contributed by atoms with Gasteiger partial charge >= 0.3 is 0 Å². The zero-order valence-electron chi connectivity index (χ0n) is 9.94. The molecule has 3 rings (SSSR count). The zero-order chi connectivity index (χ0) is 12.0. The Morgan fingerprint density at radius 3 is 2.76 bits per heavy atom. The van der Waals surface area contributed by atoms with Crippen molar-refractivity contribution in [1.29, 1.82) is 0 Å². The van der Waals surface area contributed by atoms with Crippen molar-refractivity contribution >= 4 is 27.7 Å². The van der Waals surface area contributed by atoms with Crippen molar-refractivity contribution in [1.82, 2.24) is 0 Å². The predicted molar refractivity (Wildman–Crippen MR) is 75.9 cm³/mol. The molecule has 86 valence electrons. The summed E-state index contributed by atoms with van der Waals surface area (Å²) in [6.45, 7) is 2.10. The number of fused-ring (bicyclic) bond motifs is 2. The maximum Gasteiger partial charge on any atom is 0.180 e. The number of ketones is 1. The molecule has 0 saturated carbocycles. The summed E-state index contributed by atoms with van der Waals surface area (Å²) < 4.78 is 0. The topological polar surface area (TPSA) is 17.1 Å². The van der Waals surface area contributed by atoms with Gasteiger partial charge in [0.2, 0.25) is 0 Å². The van der Waals surface area contributed by atoms with E-state index in [1.165, 1.54) is 11.1 Å². The molecule has 2 unspecified atom stereocenters. The van der Waals surface area contributed by atoms with Crippen LogP contribution in [0.2, 0.25) is 0 Å². The molecule has 0 fully saturated rings. The number of Topliss-reactive ketones (excluding diaryl/α,β-unsaturated/α-hetero) is 1. The number of hydrogen-bond acceptors (Lipinski definition) is 1. The largest absolute Gasteiger partial charge is 0.293 e. The van der Waals surface area contributed by atoms with Crippen LogP contribution in [0.15, 0.2) is 41.5 Å². The fourth-order valence-electron chi connectivity index (χ4n) is 2.55. The van der Waals surface area contributed by atoms with Crippen molar-refractivity contribution in [2.45, 2.75) is 12.2 Å². The molecule has 1 aliphatic heterocycles. The van der Waals surface area contributed by atoms with Crippen LogP contribution in [-0.2, 0) is 0 Å². The maximum atomic E-state index is 12.5. The second-order valence-corrected chi connectivity index (χ2v) is 6.51. The highest BCUT2D eigenvalue weighted by atomic mass is 32.2. The van der Waals surface area contributed by atoms with Crippen LogP contribution in [0.3, 0.4) is 0 Å². The van der Waals surface area contributed by atoms with Crippen LogP contribution in [0.25, 0.3) is 6.08 Å². The van der Waals surface area contributed by atoms with Gasteiger partial charge in [0.1, 0.15) is 0 Å². The molecule has 2 atom stereocenters. The zero-order valence-corrected chi connectivity index (χ0v) is 10.8. The second kappa shape index (κ2) is 3.81. The van der Waals surface area contributed by atoms with E-state index in [9.17, 15) is 4.79 Å². The average molecular weight is 242 g/mol. The van der Waals surface area contributed by atoms with Gasteiger partial charge in [0, 0.05) is 5.56 Å². The molecular weight excluding hydrogens is 228 g/mol. The molecule has 0 amide bonds. The van der Waals surface area contributed by atoms with E-state index in [-0.39, 0.29) is 21.5 Å². The van der Waals surface area contributed by atoms with Gasteiger partial charge in [0.25, 0.3) is 0 Å². The fourth-order valence-corrected chi connectivity index (χ4v) is 4.37. The predicted octanol–water partition coefficient (Wildman–Crippen LogP) is 3.30. The van der Waals surface area contributed by atoms with Crippen molar-refractivity contribution in [2.75, 3.05) is 6.26 Å². The number of rotatable bonds is 0. The number of carbonyl (C=O) groups excluding carboxylic acids is 1. The first-order valence-electron chi connectivity index (χ1n) is 5.68. The van der Waals surface area contributed by atoms with Crippen LogP contribution >= 0.6 is 10.5 Å². The molecule has 0 saturated heterocycles. The smallest absolute Gasteiger partial charge is 0.180 e. The van der Waals surface area contributed by atoms with Crippen LogP contribution in [0, 0.1) is 0 Å². The Morgan fingerprint density at radius 1 is 1.18 bits per heavy atom. The maximum absolute atomic E-state index is 12.5. The molecule has 1 aromatic carbocycles. The average Bonchev–Trinajstić information content (AvgIpc) is 2.28. The minimum atomic E-state index is 0.0147. The second-order valence-electron chi connectivity index (χ2n) is 4.59. The Kier molecular flexibility index (Phi) is 2.40. The first-order chi connectivity index (χ1) is 8.16. The Labute approximate surface area is 104 Å². The van der Waals surface area contributed by atoms with Gasteiger partial charge in [0.05, 0.1) is 5.25 Å². The lowest BCUT2D eigenvalue weighted by molar-refractivity contribution is 0.0998. The monoisotopic (exact) mass is 242 g/mol. The van der Waals surface area contributed by atoms with Gasteiger partial charge in [-0.25, -0.2) is 0 Å². The molecule has 17 heavy (non-hydrogen) atoms. The molecule has 0 bridgehead atoms. The summed E-state index contributed by atoms with van der Waals surface area (Å²) in [5.74, 6) is 0.281. The molecule has 2 heteroatoms. The lowest BCUT2D eigenvalue weighted by Crippen LogP contribution is -2.26. The van der Waals surface area contributed by atoms with Crippen molar-refractivity contribution < 1.29 is 4.79 Å². The molecule has 0 N–H and O–H groups in total. The minimum Gasteiger partial charge on any atom is -0.293 e. The van der Waals surface area contributed by atoms with Gasteiger partial charge in [-0.3, -0.25) is 4.79 Å². The van der Waals surface area contributed by atoms with E-state index in [4.69, 9.17) is 0 Å². The number of carbonyl (C=O) groups is 1. The Bertz CT molecular complexity index is 605. The van der Waals surface area contributed by atoms with Gasteiger partial charge in [-0.05, 0) is 41.3 Å². The van der Waals surface area contributed by atoms with Gasteiger partial charge in [-0.1, -0.05) is 30.3 Å². The summed E-state index contributed by atoms with van der Waals surface area (Å²) in [5.41, 5.74) is 4.39. The number of allylic oxidation sites excluding steroid dienone is 2. The highest BCUT2D eigenvalue weighted by Gasteiger charge is 2.30. The lowest BCUT2D eigenvalue weighted by atomic mass is 9.90. The van der Waals surface area contributed by atoms with Crippen molar-refractivity contribution in [2.24, 2.45) is 0 Å². The van der Waals surface area contributed by atoms with Gasteiger partial charge in [-0.2, -0.15) is 10.5 Å². The molecule has 0 aromatic heterocycles. The quantitative estimate of drug-likeness (QED) is 0.638. The molecule has 1 nitrogen and oxygen atoms in total. The first kappa shape index (κ1) is 10.7. The highest BCUT2D eigenvalue weighted by Crippen LogP contribution is 2.37. The van der Waals surface area contributed by atoms with Gasteiger partial charge < -0.3 is 0 Å². The van der Waals surface area contributed by atoms with E-state index >= 15 is 0 Å². The molecule has 2 aliphatic rings. The van der Waals surface area contributed by atoms with Crippen LogP contribution in [0.1, 0.15) is 22.8 Å². The molecule has 1 aromatic rings. The number of benzene rings is 1. The van der Waals surface area contributed by atoms with Gasteiger partial charge in [-0.15, -0.1) is 0 Å². The normalized spacial score (nSPS) is 26.4. The van der Waals surface area contributed by atoms with Crippen LogP contribution in [0.4, 0.5) is 0 Å². The van der Waals surface area contributed by atoms with E-state index < -0.39 is 0 Å². The lowest BCUT2D eigenvalue weighted by Gasteiger charge is -2.27. The van der Waals surface area contributed by atoms with Gasteiger partial charge in [0.15, 0.2) is 5.78 Å². The van der Waals surface area contributed by atoms with E-state index in [1.807, 2.05) is 24.3 Å². The van der Waals surface area contributed by atoms with Crippen molar-refractivity contribution in [3.05, 3.63) is 52.6 Å². The highest BCUT2D eigenvalue weighted by molar-refractivity contribution is 8.16. The third kappa shape index (κ3) is 1.64. The number of hydrogen-bond donors (Lipinski definition) is 0. The molecular formula is C15H14OS. The van der Waals surface area contributed by atoms with Crippen LogP contribution < -0.4 is 0 Å². The van der Waals surface area contributed by atoms with Crippen LogP contribution in [-0.4, -0.2) is 22.7 Å². The molecule has 0 radical (unpaired) electrons. The summed E-state index contributed by atoms with van der Waals surface area (Å²) >= 11 is 0. The summed E-state index contributed by atoms with van der Waals surface area (Å²) in [6, 6.07) is 7.89. The van der Waals surface area contributed by atoms with E-state index in [0.717, 1.165) is 11.1 Å². The Hall–Kier alpha value is -1.41. The third-order valence-electron chi connectivity index (χ3n) is 3.23. The Balaban J connectivity index is 2.23. The summed E-state index contributed by atoms with van der Waals surface area (Å²) in [5, 5.41) is 2.27. The molecule has 1 aliphatic carbocycles. The minimum absolute atomic E-state index is 0.0147. The van der Waals surface area contributed by atoms with E-state index in [0.29, 0.717) is 0 Å². The fraction of sp³-hybridized carbons (Fsp3) is 0.200. The summed E-state index contributed by atoms with van der Waals surface area (Å²) in [4.78, 5) is 12.5. The van der Waals surface area contributed by atoms with Crippen molar-refractivity contribution in [3.63, 3.8) is 0 Å². The van der Waals surface area contributed by atoms with Crippen molar-refractivity contribution in [3.8, 4) is 0 Å². The van der Waals surface area contributed by atoms with E-state index in [2.05, 4.69) is 30.7 Å². The Morgan fingerprint density at radius 2 is 1.94 bits per heavy atom. The van der Waals surface area contributed by atoms with E-state index in [1.54, 1.807) is 0 Å². The SMILES string of the molecule is CC1=CC2=Cc3ccccc3C(=O)C2S(C)=C1. The molecule has 0 spiro atoms.